The summed E-state index contributed by atoms with van der Waals surface area (Å²) >= 11 is 1.30. The number of amides is 2. The Morgan fingerprint density at radius 3 is 2.65 bits per heavy atom. The summed E-state index contributed by atoms with van der Waals surface area (Å²) in [5.74, 6) is -0.190. The molecule has 0 spiro atoms. The molecule has 1 aromatic heterocycles. The molecule has 1 heterocycles. The third-order valence-electron chi connectivity index (χ3n) is 2.83. The van der Waals surface area contributed by atoms with E-state index in [1.807, 2.05) is 6.92 Å². The standard InChI is InChI=1S/C16H18N2O4S/c1-2-21-8-9-22-13-6-3-5-12(11-13)15(19)17-18-16(20)14-7-4-10-23-14/h3-7,10-11H,2,8-9H2,1H3,(H,17,19)(H,18,20). The van der Waals surface area contributed by atoms with Gasteiger partial charge in [0.15, 0.2) is 0 Å². The molecule has 122 valence electrons. The molecule has 0 saturated carbocycles. The Kier molecular flexibility index (Phi) is 6.58. The molecule has 0 unspecified atom stereocenters. The summed E-state index contributed by atoms with van der Waals surface area (Å²) in [6, 6.07) is 10.2. The number of hydrazine groups is 1. The number of hydrogen-bond acceptors (Lipinski definition) is 5. The van der Waals surface area contributed by atoms with E-state index in [9.17, 15) is 9.59 Å². The molecule has 0 atom stereocenters. The van der Waals surface area contributed by atoms with Gasteiger partial charge in [0.2, 0.25) is 0 Å². The first-order valence-corrected chi connectivity index (χ1v) is 8.03. The number of benzene rings is 1. The van der Waals surface area contributed by atoms with E-state index < -0.39 is 5.91 Å². The van der Waals surface area contributed by atoms with Gasteiger partial charge in [-0.05, 0) is 36.6 Å². The highest BCUT2D eigenvalue weighted by Gasteiger charge is 2.10. The summed E-state index contributed by atoms with van der Waals surface area (Å²) in [7, 11) is 0. The highest BCUT2D eigenvalue weighted by atomic mass is 32.1. The minimum Gasteiger partial charge on any atom is -0.491 e. The maximum absolute atomic E-state index is 12.0. The molecule has 2 amide bonds. The Hall–Kier alpha value is -2.38. The van der Waals surface area contributed by atoms with Crippen molar-refractivity contribution in [2.24, 2.45) is 0 Å². The molecule has 0 bridgehead atoms. The van der Waals surface area contributed by atoms with Crippen LogP contribution in [0.25, 0.3) is 0 Å². The molecule has 7 heteroatoms. The van der Waals surface area contributed by atoms with Crippen LogP contribution in [0.3, 0.4) is 0 Å². The van der Waals surface area contributed by atoms with Gasteiger partial charge in [-0.2, -0.15) is 0 Å². The smallest absolute Gasteiger partial charge is 0.279 e. The van der Waals surface area contributed by atoms with Crippen molar-refractivity contribution in [2.75, 3.05) is 19.8 Å². The lowest BCUT2D eigenvalue weighted by Crippen LogP contribution is -2.41. The first-order chi connectivity index (χ1) is 11.2. The third kappa shape index (κ3) is 5.39. The molecule has 0 aliphatic rings. The molecule has 2 aromatic rings. The van der Waals surface area contributed by atoms with Crippen LogP contribution in [-0.4, -0.2) is 31.6 Å². The first-order valence-electron chi connectivity index (χ1n) is 7.15. The maximum atomic E-state index is 12.0. The van der Waals surface area contributed by atoms with Crippen molar-refractivity contribution in [3.63, 3.8) is 0 Å². The average Bonchev–Trinajstić information content (AvgIpc) is 3.11. The second-order valence-corrected chi connectivity index (χ2v) is 5.41. The van der Waals surface area contributed by atoms with E-state index >= 15 is 0 Å². The van der Waals surface area contributed by atoms with E-state index in [1.165, 1.54) is 11.3 Å². The van der Waals surface area contributed by atoms with Gasteiger partial charge < -0.3 is 9.47 Å². The van der Waals surface area contributed by atoms with Gasteiger partial charge in [0.1, 0.15) is 12.4 Å². The van der Waals surface area contributed by atoms with E-state index in [1.54, 1.807) is 41.8 Å². The molecule has 23 heavy (non-hydrogen) atoms. The zero-order chi connectivity index (χ0) is 16.5. The van der Waals surface area contributed by atoms with Gasteiger partial charge in [0, 0.05) is 12.2 Å². The van der Waals surface area contributed by atoms with Gasteiger partial charge in [-0.1, -0.05) is 12.1 Å². The minimum absolute atomic E-state index is 0.350. The number of carbonyl (C=O) groups is 2. The first kappa shape index (κ1) is 17.0. The zero-order valence-corrected chi connectivity index (χ0v) is 13.5. The average molecular weight is 334 g/mol. The van der Waals surface area contributed by atoms with Gasteiger partial charge in [-0.15, -0.1) is 11.3 Å². The Labute approximate surface area is 138 Å². The van der Waals surface area contributed by atoms with Crippen LogP contribution in [0.5, 0.6) is 5.75 Å². The van der Waals surface area contributed by atoms with Crippen LogP contribution < -0.4 is 15.6 Å². The van der Waals surface area contributed by atoms with Crippen LogP contribution in [0.4, 0.5) is 0 Å². The number of carbonyl (C=O) groups excluding carboxylic acids is 2. The molecule has 2 N–H and O–H groups in total. The Balaban J connectivity index is 1.85. The quantitative estimate of drug-likeness (QED) is 0.601. The number of hydrogen-bond donors (Lipinski definition) is 2. The highest BCUT2D eigenvalue weighted by molar-refractivity contribution is 7.12. The maximum Gasteiger partial charge on any atom is 0.279 e. The van der Waals surface area contributed by atoms with E-state index in [0.29, 0.717) is 36.0 Å². The molecule has 6 nitrogen and oxygen atoms in total. The van der Waals surface area contributed by atoms with Crippen LogP contribution in [0.15, 0.2) is 41.8 Å². The van der Waals surface area contributed by atoms with E-state index in [4.69, 9.17) is 9.47 Å². The van der Waals surface area contributed by atoms with Gasteiger partial charge in [-0.25, -0.2) is 0 Å². The lowest BCUT2D eigenvalue weighted by atomic mass is 10.2. The van der Waals surface area contributed by atoms with Gasteiger partial charge in [0.25, 0.3) is 11.8 Å². The lowest BCUT2D eigenvalue weighted by molar-refractivity contribution is 0.0848. The number of nitrogens with one attached hydrogen (secondary N) is 2. The zero-order valence-electron chi connectivity index (χ0n) is 12.7. The van der Waals surface area contributed by atoms with Crippen molar-refractivity contribution in [2.45, 2.75) is 6.92 Å². The summed E-state index contributed by atoms with van der Waals surface area (Å²) in [4.78, 5) is 24.3. The van der Waals surface area contributed by atoms with Crippen molar-refractivity contribution >= 4 is 23.2 Å². The summed E-state index contributed by atoms with van der Waals surface area (Å²) in [5, 5.41) is 1.79. The van der Waals surface area contributed by atoms with Gasteiger partial charge >= 0.3 is 0 Å². The second kappa shape index (κ2) is 8.92. The fourth-order valence-corrected chi connectivity index (χ4v) is 2.36. The fraction of sp³-hybridized carbons (Fsp3) is 0.250. The van der Waals surface area contributed by atoms with Crippen molar-refractivity contribution in [1.82, 2.24) is 10.9 Å². The van der Waals surface area contributed by atoms with Crippen molar-refractivity contribution < 1.29 is 19.1 Å². The van der Waals surface area contributed by atoms with Gasteiger partial charge in [0.05, 0.1) is 11.5 Å². The fourth-order valence-electron chi connectivity index (χ4n) is 1.74. The molecule has 1 aromatic carbocycles. The predicted octanol–water partition coefficient (Wildman–Crippen LogP) is 2.24. The van der Waals surface area contributed by atoms with Crippen molar-refractivity contribution in [1.29, 1.82) is 0 Å². The molecular formula is C16H18N2O4S. The molecule has 0 radical (unpaired) electrons. The number of rotatable bonds is 7. The molecule has 0 saturated heterocycles. The topological polar surface area (TPSA) is 76.7 Å². The predicted molar refractivity (Wildman–Crippen MR) is 87.7 cm³/mol. The lowest BCUT2D eigenvalue weighted by Gasteiger charge is -2.09. The van der Waals surface area contributed by atoms with Crippen LogP contribution in [0.1, 0.15) is 27.0 Å². The summed E-state index contributed by atoms with van der Waals surface area (Å²) in [6.07, 6.45) is 0. The van der Waals surface area contributed by atoms with Crippen molar-refractivity contribution in [3.8, 4) is 5.75 Å². The summed E-state index contributed by atoms with van der Waals surface area (Å²) in [6.45, 7) is 3.45. The highest BCUT2D eigenvalue weighted by Crippen LogP contribution is 2.13. The molecular weight excluding hydrogens is 316 g/mol. The largest absolute Gasteiger partial charge is 0.491 e. The molecule has 0 aliphatic heterocycles. The second-order valence-electron chi connectivity index (χ2n) is 4.46. The van der Waals surface area contributed by atoms with Crippen LogP contribution >= 0.6 is 11.3 Å². The Morgan fingerprint density at radius 1 is 1.09 bits per heavy atom. The molecule has 0 aliphatic carbocycles. The monoisotopic (exact) mass is 334 g/mol. The van der Waals surface area contributed by atoms with Gasteiger partial charge in [-0.3, -0.25) is 20.4 Å². The summed E-state index contributed by atoms with van der Waals surface area (Å²) < 4.78 is 10.7. The Morgan fingerprint density at radius 2 is 1.91 bits per heavy atom. The molecule has 0 fully saturated rings. The van der Waals surface area contributed by atoms with E-state index in [2.05, 4.69) is 10.9 Å². The normalized spacial score (nSPS) is 10.1. The third-order valence-corrected chi connectivity index (χ3v) is 3.70. The van der Waals surface area contributed by atoms with E-state index in [-0.39, 0.29) is 5.91 Å². The van der Waals surface area contributed by atoms with E-state index in [0.717, 1.165) is 0 Å². The minimum atomic E-state index is -0.412. The van der Waals surface area contributed by atoms with Crippen LogP contribution in [-0.2, 0) is 4.74 Å². The number of ether oxygens (including phenoxy) is 2. The summed E-state index contributed by atoms with van der Waals surface area (Å²) in [5.41, 5.74) is 5.15. The Bertz CT molecular complexity index is 643. The van der Waals surface area contributed by atoms with Crippen LogP contribution in [0.2, 0.25) is 0 Å². The number of thiophene rings is 1. The van der Waals surface area contributed by atoms with Crippen molar-refractivity contribution in [3.05, 3.63) is 52.2 Å². The SMILES string of the molecule is CCOCCOc1cccc(C(=O)NNC(=O)c2cccs2)c1. The molecule has 2 rings (SSSR count). The van der Waals surface area contributed by atoms with Crippen LogP contribution in [0, 0.1) is 0 Å².